The van der Waals surface area contributed by atoms with Crippen LogP contribution in [0.4, 0.5) is 4.79 Å². The predicted octanol–water partition coefficient (Wildman–Crippen LogP) is 2.85. The van der Waals surface area contributed by atoms with Crippen LogP contribution < -0.4 is 5.32 Å². The number of hydrogen-bond donors (Lipinski definition) is 2. The molecule has 116 valence electrons. The highest BCUT2D eigenvalue weighted by molar-refractivity contribution is 5.74. The van der Waals surface area contributed by atoms with E-state index in [2.05, 4.69) is 12.2 Å². The van der Waals surface area contributed by atoms with Gasteiger partial charge >= 0.3 is 12.0 Å². The first-order valence-electron chi connectivity index (χ1n) is 7.88. The summed E-state index contributed by atoms with van der Waals surface area (Å²) in [6.07, 6.45) is 7.27. The molecule has 1 saturated heterocycles. The topological polar surface area (TPSA) is 69.6 Å². The lowest BCUT2D eigenvalue weighted by atomic mass is 9.95. The lowest BCUT2D eigenvalue weighted by Gasteiger charge is -2.31. The Bertz CT molecular complexity index is 299. The second-order valence-corrected chi connectivity index (χ2v) is 5.63. The molecular weight excluding hydrogens is 256 g/mol. The van der Waals surface area contributed by atoms with Crippen molar-refractivity contribution in [3.8, 4) is 0 Å². The van der Waals surface area contributed by atoms with E-state index in [1.165, 1.54) is 6.42 Å². The Hall–Kier alpha value is -1.26. The Labute approximate surface area is 121 Å². The smallest absolute Gasteiger partial charge is 0.317 e. The molecule has 5 nitrogen and oxygen atoms in total. The van der Waals surface area contributed by atoms with Crippen molar-refractivity contribution in [2.24, 2.45) is 5.92 Å². The number of unbranched alkanes of at least 4 members (excludes halogenated alkanes) is 3. The van der Waals surface area contributed by atoms with Crippen LogP contribution in [-0.4, -0.2) is 41.6 Å². The molecule has 0 bridgehead atoms. The summed E-state index contributed by atoms with van der Waals surface area (Å²) in [4.78, 5) is 24.2. The van der Waals surface area contributed by atoms with Gasteiger partial charge in [0.15, 0.2) is 0 Å². The van der Waals surface area contributed by atoms with Crippen molar-refractivity contribution in [2.45, 2.75) is 58.3 Å². The van der Waals surface area contributed by atoms with Gasteiger partial charge in [0.05, 0.1) is 0 Å². The fraction of sp³-hybridized carbons (Fsp3) is 0.867. The van der Waals surface area contributed by atoms with E-state index < -0.39 is 5.97 Å². The van der Waals surface area contributed by atoms with Gasteiger partial charge in [0.1, 0.15) is 0 Å². The summed E-state index contributed by atoms with van der Waals surface area (Å²) in [5.74, 6) is 0.0575. The highest BCUT2D eigenvalue weighted by Crippen LogP contribution is 2.19. The van der Waals surface area contributed by atoms with Crippen LogP contribution in [-0.2, 0) is 4.79 Å². The molecule has 0 radical (unpaired) electrons. The van der Waals surface area contributed by atoms with Crippen molar-refractivity contribution in [2.75, 3.05) is 19.6 Å². The maximum Gasteiger partial charge on any atom is 0.317 e. The van der Waals surface area contributed by atoms with Crippen molar-refractivity contribution in [1.29, 1.82) is 0 Å². The van der Waals surface area contributed by atoms with E-state index in [4.69, 9.17) is 5.11 Å². The van der Waals surface area contributed by atoms with Crippen molar-refractivity contribution in [1.82, 2.24) is 10.2 Å². The summed E-state index contributed by atoms with van der Waals surface area (Å²) < 4.78 is 0. The molecule has 2 amide bonds. The molecule has 0 unspecified atom stereocenters. The van der Waals surface area contributed by atoms with Crippen LogP contribution in [0.5, 0.6) is 0 Å². The van der Waals surface area contributed by atoms with Crippen LogP contribution in [0, 0.1) is 5.92 Å². The molecule has 0 aromatic carbocycles. The first-order chi connectivity index (χ1) is 9.63. The number of carboxylic acids is 1. The zero-order valence-corrected chi connectivity index (χ0v) is 12.6. The number of carbonyl (C=O) groups excluding carboxylic acids is 1. The molecule has 1 aliphatic rings. The van der Waals surface area contributed by atoms with Gasteiger partial charge in [0.25, 0.3) is 0 Å². The number of nitrogens with one attached hydrogen (secondary N) is 1. The summed E-state index contributed by atoms with van der Waals surface area (Å²) >= 11 is 0. The van der Waals surface area contributed by atoms with Crippen LogP contribution in [0.25, 0.3) is 0 Å². The summed E-state index contributed by atoms with van der Waals surface area (Å²) in [5, 5.41) is 11.5. The van der Waals surface area contributed by atoms with Gasteiger partial charge < -0.3 is 15.3 Å². The largest absolute Gasteiger partial charge is 0.481 e. The summed E-state index contributed by atoms with van der Waals surface area (Å²) in [7, 11) is 0. The first-order valence-corrected chi connectivity index (χ1v) is 7.88. The highest BCUT2D eigenvalue weighted by Gasteiger charge is 2.21. The zero-order valence-electron chi connectivity index (χ0n) is 12.6. The van der Waals surface area contributed by atoms with Gasteiger partial charge in [-0.2, -0.15) is 0 Å². The highest BCUT2D eigenvalue weighted by atomic mass is 16.4. The molecule has 1 rings (SSSR count). The minimum Gasteiger partial charge on any atom is -0.481 e. The molecule has 1 heterocycles. The number of rotatable bonds is 8. The van der Waals surface area contributed by atoms with E-state index >= 15 is 0 Å². The second-order valence-electron chi connectivity index (χ2n) is 5.63. The molecule has 0 aromatic rings. The average molecular weight is 284 g/mol. The lowest BCUT2D eigenvalue weighted by molar-refractivity contribution is -0.137. The molecule has 0 atom stereocenters. The van der Waals surface area contributed by atoms with E-state index in [1.54, 1.807) is 0 Å². The number of amides is 2. The van der Waals surface area contributed by atoms with Gasteiger partial charge in [-0.3, -0.25) is 4.79 Å². The number of likely N-dealkylation sites (tertiary alicyclic amines) is 1. The Morgan fingerprint density at radius 3 is 2.40 bits per heavy atom. The number of carbonyl (C=O) groups is 2. The Morgan fingerprint density at radius 2 is 1.80 bits per heavy atom. The maximum absolute atomic E-state index is 11.9. The van der Waals surface area contributed by atoms with Gasteiger partial charge in [-0.05, 0) is 31.6 Å². The summed E-state index contributed by atoms with van der Waals surface area (Å²) in [6.45, 7) is 4.66. The summed E-state index contributed by atoms with van der Waals surface area (Å²) in [5.41, 5.74) is 0. The molecule has 1 aliphatic heterocycles. The maximum atomic E-state index is 11.9. The molecule has 0 aromatic heterocycles. The molecule has 0 saturated carbocycles. The molecular formula is C15H28N2O3. The van der Waals surface area contributed by atoms with Gasteiger partial charge in [0, 0.05) is 26.1 Å². The van der Waals surface area contributed by atoms with Crippen LogP contribution in [0.3, 0.4) is 0 Å². The Balaban J connectivity index is 1.99. The fourth-order valence-electron chi connectivity index (χ4n) is 2.61. The second kappa shape index (κ2) is 9.61. The first kappa shape index (κ1) is 16.8. The number of urea groups is 1. The van der Waals surface area contributed by atoms with Crippen LogP contribution in [0.2, 0.25) is 0 Å². The number of piperidine rings is 1. The normalized spacial score (nSPS) is 16.1. The van der Waals surface area contributed by atoms with E-state index in [-0.39, 0.29) is 12.5 Å². The standard InChI is InChI=1S/C15H28N2O3/c1-2-13-8-11-17(12-9-13)15(20)16-10-6-4-3-5-7-14(18)19/h13H,2-12H2,1H3,(H,16,20)(H,18,19). The van der Waals surface area contributed by atoms with E-state index in [9.17, 15) is 9.59 Å². The molecule has 2 N–H and O–H groups in total. The van der Waals surface area contributed by atoms with Gasteiger partial charge in [-0.25, -0.2) is 4.79 Å². The monoisotopic (exact) mass is 284 g/mol. The minimum absolute atomic E-state index is 0.0603. The molecule has 1 fully saturated rings. The van der Waals surface area contributed by atoms with Crippen LogP contribution in [0.1, 0.15) is 58.3 Å². The molecule has 0 aliphatic carbocycles. The van der Waals surface area contributed by atoms with Crippen LogP contribution >= 0.6 is 0 Å². The number of hydrogen-bond acceptors (Lipinski definition) is 2. The van der Waals surface area contributed by atoms with E-state index in [0.29, 0.717) is 6.54 Å². The van der Waals surface area contributed by atoms with Gasteiger partial charge in [-0.15, -0.1) is 0 Å². The van der Waals surface area contributed by atoms with Crippen molar-refractivity contribution in [3.05, 3.63) is 0 Å². The van der Waals surface area contributed by atoms with E-state index in [0.717, 1.165) is 57.5 Å². The SMILES string of the molecule is CCC1CCN(C(=O)NCCCCCCC(=O)O)CC1. The van der Waals surface area contributed by atoms with Gasteiger partial charge in [0.2, 0.25) is 0 Å². The molecule has 20 heavy (non-hydrogen) atoms. The third-order valence-electron chi connectivity index (χ3n) is 4.07. The Morgan fingerprint density at radius 1 is 1.15 bits per heavy atom. The van der Waals surface area contributed by atoms with E-state index in [1.807, 2.05) is 4.90 Å². The average Bonchev–Trinajstić information content (AvgIpc) is 2.45. The number of carboxylic acid groups (broad SMARTS) is 1. The lowest BCUT2D eigenvalue weighted by Crippen LogP contribution is -2.44. The van der Waals surface area contributed by atoms with Crippen molar-refractivity contribution in [3.63, 3.8) is 0 Å². The number of nitrogens with zero attached hydrogens (tertiary/aromatic N) is 1. The Kier molecular flexibility index (Phi) is 8.07. The third kappa shape index (κ3) is 6.78. The molecule has 0 spiro atoms. The fourth-order valence-corrected chi connectivity index (χ4v) is 2.61. The zero-order chi connectivity index (χ0) is 14.8. The van der Waals surface area contributed by atoms with Crippen molar-refractivity contribution < 1.29 is 14.7 Å². The van der Waals surface area contributed by atoms with Gasteiger partial charge in [-0.1, -0.05) is 26.2 Å². The third-order valence-corrected chi connectivity index (χ3v) is 4.07. The predicted molar refractivity (Wildman–Crippen MR) is 78.7 cm³/mol. The molecule has 5 heteroatoms. The minimum atomic E-state index is -0.728. The quantitative estimate of drug-likeness (QED) is 0.673. The van der Waals surface area contributed by atoms with Crippen molar-refractivity contribution >= 4 is 12.0 Å². The number of aliphatic carboxylic acids is 1. The summed E-state index contributed by atoms with van der Waals surface area (Å²) in [6, 6.07) is 0.0603. The van der Waals surface area contributed by atoms with Crippen LogP contribution in [0.15, 0.2) is 0 Å².